The monoisotopic (exact) mass is 323 g/mol. The van der Waals surface area contributed by atoms with Crippen molar-refractivity contribution < 1.29 is 9.53 Å². The smallest absolute Gasteiger partial charge is 0.278 e. The van der Waals surface area contributed by atoms with Gasteiger partial charge in [-0.3, -0.25) is 9.69 Å². The summed E-state index contributed by atoms with van der Waals surface area (Å²) < 4.78 is 5.27. The van der Waals surface area contributed by atoms with E-state index in [4.69, 9.17) is 10.5 Å². The zero-order valence-corrected chi connectivity index (χ0v) is 13.6. The van der Waals surface area contributed by atoms with E-state index >= 15 is 0 Å². The molecule has 0 saturated heterocycles. The predicted molar refractivity (Wildman–Crippen MR) is 92.2 cm³/mol. The third-order valence-corrected chi connectivity index (χ3v) is 3.66. The molecule has 122 valence electrons. The van der Waals surface area contributed by atoms with E-state index in [9.17, 15) is 4.79 Å². The first-order valence-electron chi connectivity index (χ1n) is 7.32. The van der Waals surface area contributed by atoms with Crippen molar-refractivity contribution in [2.75, 3.05) is 24.8 Å². The molecule has 2 aromatic heterocycles. The predicted octanol–water partition coefficient (Wildman–Crippen LogP) is 2.20. The molecule has 0 fully saturated rings. The first-order valence-corrected chi connectivity index (χ1v) is 7.32. The van der Waals surface area contributed by atoms with Gasteiger partial charge >= 0.3 is 0 Å². The Morgan fingerprint density at radius 1 is 1.25 bits per heavy atom. The number of aromatic nitrogens is 3. The highest BCUT2D eigenvalue weighted by atomic mass is 16.5. The second-order valence-electron chi connectivity index (χ2n) is 5.34. The van der Waals surface area contributed by atoms with Gasteiger partial charge in [0.15, 0.2) is 11.6 Å². The molecule has 24 heavy (non-hydrogen) atoms. The number of nitrogens with two attached hydrogens (primary N) is 1. The van der Waals surface area contributed by atoms with Crippen molar-refractivity contribution in [1.82, 2.24) is 15.0 Å². The molecule has 0 atom stereocenters. The van der Waals surface area contributed by atoms with E-state index in [-0.39, 0.29) is 17.5 Å². The summed E-state index contributed by atoms with van der Waals surface area (Å²) in [6.07, 6.45) is 1.60. The first-order chi connectivity index (χ1) is 11.5. The highest BCUT2D eigenvalue weighted by Gasteiger charge is 2.22. The summed E-state index contributed by atoms with van der Waals surface area (Å²) in [4.78, 5) is 26.9. The SMILES string of the molecule is COc1cccnc1N(C)C(=O)c1nc(N)nc2ccc(C)cc12. The Morgan fingerprint density at radius 2 is 2.04 bits per heavy atom. The molecule has 7 heteroatoms. The van der Waals surface area contributed by atoms with Crippen LogP contribution in [0.2, 0.25) is 0 Å². The van der Waals surface area contributed by atoms with Gasteiger partial charge in [-0.05, 0) is 31.2 Å². The minimum atomic E-state index is -0.336. The Hall–Kier alpha value is -3.22. The van der Waals surface area contributed by atoms with E-state index in [0.717, 1.165) is 5.56 Å². The van der Waals surface area contributed by atoms with Gasteiger partial charge in [0.05, 0.1) is 12.6 Å². The van der Waals surface area contributed by atoms with Gasteiger partial charge in [0.2, 0.25) is 5.95 Å². The summed E-state index contributed by atoms with van der Waals surface area (Å²) in [6, 6.07) is 9.08. The Balaban J connectivity index is 2.13. The molecule has 0 unspecified atom stereocenters. The second kappa shape index (κ2) is 6.11. The number of amides is 1. The summed E-state index contributed by atoms with van der Waals surface area (Å²) in [6.45, 7) is 1.94. The zero-order valence-electron chi connectivity index (χ0n) is 13.6. The highest BCUT2D eigenvalue weighted by molar-refractivity contribution is 6.12. The molecular formula is C17H17N5O2. The van der Waals surface area contributed by atoms with Gasteiger partial charge in [0.1, 0.15) is 5.69 Å². The number of carbonyl (C=O) groups excluding carboxylic acids is 1. The first kappa shape index (κ1) is 15.7. The van der Waals surface area contributed by atoms with Crippen LogP contribution in [0, 0.1) is 6.92 Å². The number of anilines is 2. The van der Waals surface area contributed by atoms with Crippen molar-refractivity contribution in [2.24, 2.45) is 0 Å². The van der Waals surface area contributed by atoms with E-state index in [2.05, 4.69) is 15.0 Å². The van der Waals surface area contributed by atoms with E-state index in [1.807, 2.05) is 25.1 Å². The summed E-state index contributed by atoms with van der Waals surface area (Å²) >= 11 is 0. The zero-order chi connectivity index (χ0) is 17.3. The lowest BCUT2D eigenvalue weighted by Crippen LogP contribution is -2.29. The molecule has 0 aliphatic heterocycles. The number of aryl methyl sites for hydroxylation is 1. The fourth-order valence-electron chi connectivity index (χ4n) is 2.47. The summed E-state index contributed by atoms with van der Waals surface area (Å²) in [5.41, 5.74) is 7.62. The van der Waals surface area contributed by atoms with Crippen molar-refractivity contribution in [3.8, 4) is 5.75 Å². The van der Waals surface area contributed by atoms with Crippen molar-refractivity contribution in [3.05, 3.63) is 47.8 Å². The van der Waals surface area contributed by atoms with Crippen LogP contribution in [-0.2, 0) is 0 Å². The van der Waals surface area contributed by atoms with E-state index < -0.39 is 0 Å². The Kier molecular flexibility index (Phi) is 3.99. The molecule has 0 radical (unpaired) electrons. The summed E-state index contributed by atoms with van der Waals surface area (Å²) in [5.74, 6) is 0.617. The Morgan fingerprint density at radius 3 is 2.79 bits per heavy atom. The molecule has 1 amide bonds. The Labute approximate surface area is 139 Å². The number of carbonyl (C=O) groups is 1. The van der Waals surface area contributed by atoms with Crippen molar-refractivity contribution in [2.45, 2.75) is 6.92 Å². The highest BCUT2D eigenvalue weighted by Crippen LogP contribution is 2.26. The van der Waals surface area contributed by atoms with Gasteiger partial charge in [-0.1, -0.05) is 11.6 Å². The van der Waals surface area contributed by atoms with Crippen LogP contribution in [0.1, 0.15) is 16.1 Å². The van der Waals surface area contributed by atoms with E-state index in [1.54, 1.807) is 25.4 Å². The van der Waals surface area contributed by atoms with Gasteiger partial charge in [0.25, 0.3) is 5.91 Å². The number of benzene rings is 1. The quantitative estimate of drug-likeness (QED) is 0.794. The fourth-order valence-corrected chi connectivity index (χ4v) is 2.47. The van der Waals surface area contributed by atoms with Gasteiger partial charge < -0.3 is 10.5 Å². The van der Waals surface area contributed by atoms with Crippen LogP contribution in [0.4, 0.5) is 11.8 Å². The van der Waals surface area contributed by atoms with Crippen LogP contribution in [0.3, 0.4) is 0 Å². The van der Waals surface area contributed by atoms with Gasteiger partial charge in [-0.2, -0.15) is 0 Å². The lowest BCUT2D eigenvalue weighted by Gasteiger charge is -2.19. The average molecular weight is 323 g/mol. The maximum atomic E-state index is 13.0. The molecule has 7 nitrogen and oxygen atoms in total. The largest absolute Gasteiger partial charge is 0.493 e. The maximum Gasteiger partial charge on any atom is 0.278 e. The number of fused-ring (bicyclic) bond motifs is 1. The average Bonchev–Trinajstić information content (AvgIpc) is 2.60. The van der Waals surface area contributed by atoms with Crippen LogP contribution in [0.15, 0.2) is 36.5 Å². The molecule has 0 spiro atoms. The molecule has 0 aliphatic carbocycles. The normalized spacial score (nSPS) is 10.6. The molecule has 3 rings (SSSR count). The number of hydrogen-bond donors (Lipinski definition) is 1. The molecule has 2 heterocycles. The molecule has 0 saturated carbocycles. The molecule has 2 N–H and O–H groups in total. The van der Waals surface area contributed by atoms with Gasteiger partial charge in [0, 0.05) is 18.6 Å². The number of ether oxygens (including phenoxy) is 1. The summed E-state index contributed by atoms with van der Waals surface area (Å²) in [5, 5.41) is 0.649. The minimum absolute atomic E-state index is 0.0519. The Bertz CT molecular complexity index is 926. The lowest BCUT2D eigenvalue weighted by atomic mass is 10.1. The lowest BCUT2D eigenvalue weighted by molar-refractivity contribution is 0.0988. The second-order valence-corrected chi connectivity index (χ2v) is 5.34. The van der Waals surface area contributed by atoms with Crippen LogP contribution < -0.4 is 15.4 Å². The molecular weight excluding hydrogens is 306 g/mol. The van der Waals surface area contributed by atoms with Crippen LogP contribution in [0.5, 0.6) is 5.75 Å². The number of pyridine rings is 1. The van der Waals surface area contributed by atoms with Crippen LogP contribution in [0.25, 0.3) is 10.9 Å². The number of rotatable bonds is 3. The van der Waals surface area contributed by atoms with E-state index in [1.165, 1.54) is 12.0 Å². The molecule has 0 aliphatic rings. The van der Waals surface area contributed by atoms with Crippen molar-refractivity contribution in [1.29, 1.82) is 0 Å². The topological polar surface area (TPSA) is 94.2 Å². The van der Waals surface area contributed by atoms with Crippen LogP contribution in [-0.4, -0.2) is 35.0 Å². The van der Waals surface area contributed by atoms with Gasteiger partial charge in [-0.15, -0.1) is 0 Å². The van der Waals surface area contributed by atoms with Crippen molar-refractivity contribution in [3.63, 3.8) is 0 Å². The van der Waals surface area contributed by atoms with Crippen LogP contribution >= 0.6 is 0 Å². The molecule has 0 bridgehead atoms. The number of methoxy groups -OCH3 is 1. The van der Waals surface area contributed by atoms with Crippen molar-refractivity contribution >= 4 is 28.6 Å². The van der Waals surface area contributed by atoms with E-state index in [0.29, 0.717) is 22.5 Å². The number of hydrogen-bond acceptors (Lipinski definition) is 6. The molecule has 3 aromatic rings. The third kappa shape index (κ3) is 2.71. The standard InChI is InChI=1S/C17H17N5O2/c1-10-6-7-12-11(9-10)14(21-17(18)20-12)16(23)22(2)15-13(24-3)5-4-8-19-15/h4-9H,1-3H3,(H2,18,20,21). The summed E-state index contributed by atoms with van der Waals surface area (Å²) in [7, 11) is 3.15. The minimum Gasteiger partial charge on any atom is -0.493 e. The maximum absolute atomic E-state index is 13.0. The third-order valence-electron chi connectivity index (χ3n) is 3.66. The molecule has 1 aromatic carbocycles. The van der Waals surface area contributed by atoms with Gasteiger partial charge in [-0.25, -0.2) is 15.0 Å². The number of nitrogens with zero attached hydrogens (tertiary/aromatic N) is 4. The number of nitrogen functional groups attached to an aromatic ring is 1. The fraction of sp³-hybridized carbons (Fsp3) is 0.176.